The van der Waals surface area contributed by atoms with E-state index in [1.807, 2.05) is 17.5 Å². The van der Waals surface area contributed by atoms with Gasteiger partial charge in [0.25, 0.3) is 0 Å². The lowest BCUT2D eigenvalue weighted by atomic mass is 9.96. The molecule has 1 amide bonds. The number of aryl methyl sites for hydroxylation is 1. The molecule has 140 valence electrons. The van der Waals surface area contributed by atoms with Crippen LogP contribution in [0.4, 0.5) is 4.39 Å². The third-order valence-electron chi connectivity index (χ3n) is 4.18. The Kier molecular flexibility index (Phi) is 5.93. The van der Waals surface area contributed by atoms with Gasteiger partial charge >= 0.3 is 0 Å². The van der Waals surface area contributed by atoms with Crippen molar-refractivity contribution in [2.45, 2.75) is 25.4 Å². The van der Waals surface area contributed by atoms with E-state index in [-0.39, 0.29) is 24.7 Å². The lowest BCUT2D eigenvalue weighted by Gasteiger charge is -2.24. The predicted octanol–water partition coefficient (Wildman–Crippen LogP) is 3.30. The number of nitrogens with one attached hydrogen (secondary N) is 1. The summed E-state index contributed by atoms with van der Waals surface area (Å²) in [6.07, 6.45) is 4.23. The Morgan fingerprint density at radius 2 is 1.93 bits per heavy atom. The number of amides is 1. The third-order valence-corrected chi connectivity index (χ3v) is 5.12. The van der Waals surface area contributed by atoms with Gasteiger partial charge in [0.1, 0.15) is 16.4 Å². The molecule has 7 heteroatoms. The van der Waals surface area contributed by atoms with Crippen molar-refractivity contribution in [3.05, 3.63) is 71.2 Å². The highest BCUT2D eigenvalue weighted by Crippen LogP contribution is 2.23. The molecule has 2 aromatic heterocycles. The van der Waals surface area contributed by atoms with Crippen LogP contribution in [0.3, 0.4) is 0 Å². The molecular formula is C20H20FN3O2S. The number of rotatable bonds is 7. The Morgan fingerprint density at radius 1 is 1.22 bits per heavy atom. The smallest absolute Gasteiger partial charge is 0.220 e. The maximum absolute atomic E-state index is 13.0. The SMILES string of the molecule is CC(O)(CNC(=O)CCc1csc(-c2ccncc2)n1)c1ccc(F)cc1. The van der Waals surface area contributed by atoms with E-state index in [1.165, 1.54) is 35.6 Å². The van der Waals surface area contributed by atoms with Crippen molar-refractivity contribution in [1.29, 1.82) is 0 Å². The van der Waals surface area contributed by atoms with Crippen LogP contribution in [0.5, 0.6) is 0 Å². The van der Waals surface area contributed by atoms with E-state index in [0.717, 1.165) is 16.3 Å². The lowest BCUT2D eigenvalue weighted by molar-refractivity contribution is -0.122. The molecule has 3 aromatic rings. The molecule has 0 aliphatic rings. The number of nitrogens with zero attached hydrogens (tertiary/aromatic N) is 2. The van der Waals surface area contributed by atoms with Gasteiger partial charge in [0, 0.05) is 29.8 Å². The maximum atomic E-state index is 13.0. The van der Waals surface area contributed by atoms with Crippen LogP contribution in [-0.2, 0) is 16.8 Å². The van der Waals surface area contributed by atoms with Crippen molar-refractivity contribution in [1.82, 2.24) is 15.3 Å². The maximum Gasteiger partial charge on any atom is 0.220 e. The van der Waals surface area contributed by atoms with Gasteiger partial charge < -0.3 is 10.4 Å². The van der Waals surface area contributed by atoms with Crippen molar-refractivity contribution < 1.29 is 14.3 Å². The summed E-state index contributed by atoms with van der Waals surface area (Å²) in [5.41, 5.74) is 1.14. The number of pyridine rings is 1. The molecule has 1 aromatic carbocycles. The van der Waals surface area contributed by atoms with Crippen molar-refractivity contribution in [3.63, 3.8) is 0 Å². The fourth-order valence-electron chi connectivity index (χ4n) is 2.56. The number of halogens is 1. The van der Waals surface area contributed by atoms with Crippen molar-refractivity contribution in [2.24, 2.45) is 0 Å². The van der Waals surface area contributed by atoms with Crippen LogP contribution in [0.15, 0.2) is 54.2 Å². The molecule has 0 saturated carbocycles. The van der Waals surface area contributed by atoms with Gasteiger partial charge in [-0.3, -0.25) is 9.78 Å². The third kappa shape index (κ3) is 5.18. The molecule has 1 atom stereocenters. The van der Waals surface area contributed by atoms with Gasteiger partial charge in [-0.25, -0.2) is 9.37 Å². The van der Waals surface area contributed by atoms with Crippen LogP contribution in [0.1, 0.15) is 24.6 Å². The summed E-state index contributed by atoms with van der Waals surface area (Å²) in [6, 6.07) is 9.39. The summed E-state index contributed by atoms with van der Waals surface area (Å²) in [5, 5.41) is 16.1. The van der Waals surface area contributed by atoms with E-state index in [4.69, 9.17) is 0 Å². The van der Waals surface area contributed by atoms with Crippen LogP contribution in [-0.4, -0.2) is 27.5 Å². The second-order valence-corrected chi connectivity index (χ2v) is 7.30. The quantitative estimate of drug-likeness (QED) is 0.654. The van der Waals surface area contributed by atoms with Crippen LogP contribution >= 0.6 is 11.3 Å². The highest BCUT2D eigenvalue weighted by molar-refractivity contribution is 7.13. The highest BCUT2D eigenvalue weighted by atomic mass is 32.1. The number of aliphatic hydroxyl groups is 1. The summed E-state index contributed by atoms with van der Waals surface area (Å²) in [4.78, 5) is 20.6. The largest absolute Gasteiger partial charge is 0.384 e. The molecule has 27 heavy (non-hydrogen) atoms. The molecule has 1 unspecified atom stereocenters. The topological polar surface area (TPSA) is 75.1 Å². The molecule has 2 heterocycles. The molecule has 0 radical (unpaired) electrons. The number of carbonyl (C=O) groups is 1. The zero-order valence-electron chi connectivity index (χ0n) is 14.9. The minimum absolute atomic E-state index is 0.0524. The Hall–Kier alpha value is -2.64. The van der Waals surface area contributed by atoms with Gasteiger partial charge in [-0.2, -0.15) is 0 Å². The van der Waals surface area contributed by atoms with Crippen LogP contribution in [0.25, 0.3) is 10.6 Å². The van der Waals surface area contributed by atoms with Crippen molar-refractivity contribution in [2.75, 3.05) is 6.54 Å². The first kappa shape index (κ1) is 19.1. The molecule has 5 nitrogen and oxygen atoms in total. The van der Waals surface area contributed by atoms with Crippen LogP contribution < -0.4 is 5.32 Å². The second kappa shape index (κ2) is 8.37. The first-order chi connectivity index (χ1) is 12.9. The molecule has 0 bridgehead atoms. The Morgan fingerprint density at radius 3 is 2.63 bits per heavy atom. The van der Waals surface area contributed by atoms with Gasteiger partial charge in [0.2, 0.25) is 5.91 Å². The molecule has 0 fully saturated rings. The molecule has 0 saturated heterocycles. The second-order valence-electron chi connectivity index (χ2n) is 6.44. The van der Waals surface area contributed by atoms with E-state index in [0.29, 0.717) is 12.0 Å². The van der Waals surface area contributed by atoms with Crippen LogP contribution in [0.2, 0.25) is 0 Å². The van der Waals surface area contributed by atoms with Gasteiger partial charge in [0.05, 0.1) is 12.2 Å². The first-order valence-corrected chi connectivity index (χ1v) is 9.42. The fraction of sp³-hybridized carbons (Fsp3) is 0.250. The molecule has 0 spiro atoms. The first-order valence-electron chi connectivity index (χ1n) is 8.54. The number of aromatic nitrogens is 2. The molecule has 2 N–H and O–H groups in total. The predicted molar refractivity (Wildman–Crippen MR) is 103 cm³/mol. The van der Waals surface area contributed by atoms with Gasteiger partial charge in [-0.05, 0) is 43.2 Å². The number of hydrogen-bond acceptors (Lipinski definition) is 5. The molecule has 0 aliphatic heterocycles. The fourth-order valence-corrected chi connectivity index (χ4v) is 3.42. The summed E-state index contributed by atoms with van der Waals surface area (Å²) < 4.78 is 13.0. The molecule has 0 aliphatic carbocycles. The average Bonchev–Trinajstić information content (AvgIpc) is 3.15. The standard InChI is InChI=1S/C20H20FN3O2S/c1-20(26,15-2-4-16(21)5-3-15)13-23-18(25)7-6-17-12-27-19(24-17)14-8-10-22-11-9-14/h2-5,8-12,26H,6-7,13H2,1H3,(H,23,25). The van der Waals surface area contributed by atoms with E-state index in [1.54, 1.807) is 19.3 Å². The summed E-state index contributed by atoms with van der Waals surface area (Å²) in [6.45, 7) is 1.64. The minimum Gasteiger partial charge on any atom is -0.384 e. The Balaban J connectivity index is 1.50. The number of hydrogen-bond donors (Lipinski definition) is 2. The van der Waals surface area contributed by atoms with Crippen molar-refractivity contribution in [3.8, 4) is 10.6 Å². The minimum atomic E-state index is -1.27. The number of benzene rings is 1. The van der Waals surface area contributed by atoms with E-state index < -0.39 is 5.60 Å². The van der Waals surface area contributed by atoms with Crippen molar-refractivity contribution >= 4 is 17.2 Å². The molecule has 3 rings (SSSR count). The average molecular weight is 385 g/mol. The Bertz CT molecular complexity index is 895. The molecular weight excluding hydrogens is 365 g/mol. The Labute approximate surface area is 160 Å². The van der Waals surface area contributed by atoms with Gasteiger partial charge in [-0.1, -0.05) is 12.1 Å². The van der Waals surface area contributed by atoms with E-state index >= 15 is 0 Å². The highest BCUT2D eigenvalue weighted by Gasteiger charge is 2.23. The van der Waals surface area contributed by atoms with Crippen LogP contribution in [0, 0.1) is 5.82 Å². The summed E-state index contributed by atoms with van der Waals surface area (Å²) >= 11 is 1.53. The lowest BCUT2D eigenvalue weighted by Crippen LogP contribution is -2.38. The van der Waals surface area contributed by atoms with E-state index in [2.05, 4.69) is 15.3 Å². The monoisotopic (exact) mass is 385 g/mol. The zero-order chi connectivity index (χ0) is 19.3. The van der Waals surface area contributed by atoms with Gasteiger partial charge in [0.15, 0.2) is 0 Å². The van der Waals surface area contributed by atoms with E-state index in [9.17, 15) is 14.3 Å². The summed E-state index contributed by atoms with van der Waals surface area (Å²) in [7, 11) is 0. The zero-order valence-corrected chi connectivity index (χ0v) is 15.7. The normalized spacial score (nSPS) is 13.1. The number of thiazole rings is 1. The summed E-state index contributed by atoms with van der Waals surface area (Å²) in [5.74, 6) is -0.538. The number of carbonyl (C=O) groups excluding carboxylic acids is 1. The van der Waals surface area contributed by atoms with Gasteiger partial charge in [-0.15, -0.1) is 11.3 Å².